The lowest BCUT2D eigenvalue weighted by molar-refractivity contribution is 0.402. The van der Waals surface area contributed by atoms with E-state index in [4.69, 9.17) is 4.42 Å². The summed E-state index contributed by atoms with van der Waals surface area (Å²) in [6, 6.07) is 4.92. The maximum absolute atomic E-state index is 12.2. The maximum atomic E-state index is 12.2. The summed E-state index contributed by atoms with van der Waals surface area (Å²) in [5.41, 5.74) is 0. The quantitative estimate of drug-likeness (QED) is 0.724. The number of nitrogens with zero attached hydrogens (tertiary/aromatic N) is 4. The highest BCUT2D eigenvalue weighted by molar-refractivity contribution is 7.89. The number of nitrogens with one attached hydrogen (secondary N) is 1. The second-order valence-corrected chi connectivity index (χ2v) is 6.46. The van der Waals surface area contributed by atoms with Gasteiger partial charge in [-0.2, -0.15) is 5.10 Å². The van der Waals surface area contributed by atoms with Gasteiger partial charge in [-0.1, -0.05) is 0 Å². The fourth-order valence-corrected chi connectivity index (χ4v) is 3.08. The summed E-state index contributed by atoms with van der Waals surface area (Å²) in [6.07, 6.45) is 7.80. The van der Waals surface area contributed by atoms with E-state index in [0.29, 0.717) is 5.76 Å². The highest BCUT2D eigenvalue weighted by atomic mass is 32.2. The molecule has 1 N–H and O–H groups in total. The van der Waals surface area contributed by atoms with Crippen LogP contribution in [0.25, 0.3) is 0 Å². The van der Waals surface area contributed by atoms with Crippen LogP contribution in [0.4, 0.5) is 0 Å². The normalized spacial score (nSPS) is 13.3. The molecule has 0 aliphatic carbocycles. The first kappa shape index (κ1) is 14.5. The lowest BCUT2D eigenvalue weighted by Crippen LogP contribution is -2.31. The summed E-state index contributed by atoms with van der Waals surface area (Å²) in [5.74, 6) is 0.618. The summed E-state index contributed by atoms with van der Waals surface area (Å²) in [5, 5.41) is 4.13. The molecule has 0 saturated heterocycles. The van der Waals surface area contributed by atoms with Gasteiger partial charge in [-0.15, -0.1) is 0 Å². The van der Waals surface area contributed by atoms with Crippen LogP contribution in [0.3, 0.4) is 0 Å². The van der Waals surface area contributed by atoms with E-state index in [9.17, 15) is 8.42 Å². The van der Waals surface area contributed by atoms with Crippen LogP contribution >= 0.6 is 0 Å². The zero-order valence-corrected chi connectivity index (χ0v) is 12.6. The minimum Gasteiger partial charge on any atom is -0.467 e. The molecule has 3 aromatic heterocycles. The molecule has 0 amide bonds. The predicted octanol–water partition coefficient (Wildman–Crippen LogP) is 0.777. The van der Waals surface area contributed by atoms with Gasteiger partial charge < -0.3 is 8.98 Å². The Morgan fingerprint density at radius 1 is 1.41 bits per heavy atom. The molecule has 9 heteroatoms. The molecule has 0 radical (unpaired) electrons. The predicted molar refractivity (Wildman–Crippen MR) is 77.5 cm³/mol. The van der Waals surface area contributed by atoms with Crippen molar-refractivity contribution >= 4 is 10.0 Å². The van der Waals surface area contributed by atoms with E-state index in [2.05, 4.69) is 14.8 Å². The molecule has 0 spiro atoms. The standard InChI is InChI=1S/C13H15N5O3S/c1-17-9-13(14-10-17)22(19,20)16-8-11(12-4-2-7-21-12)18-6-3-5-15-18/h2-7,9-11,16H,8H2,1H3. The van der Waals surface area contributed by atoms with Gasteiger partial charge in [-0.05, 0) is 18.2 Å². The molecule has 0 saturated carbocycles. The van der Waals surface area contributed by atoms with E-state index in [1.165, 1.54) is 12.5 Å². The fourth-order valence-electron chi connectivity index (χ4n) is 2.06. The van der Waals surface area contributed by atoms with Gasteiger partial charge in [-0.3, -0.25) is 4.68 Å². The number of hydrogen-bond donors (Lipinski definition) is 1. The molecule has 0 fully saturated rings. The minimum absolute atomic E-state index is 0.0198. The zero-order valence-electron chi connectivity index (χ0n) is 11.8. The second-order valence-electron chi connectivity index (χ2n) is 4.75. The molecule has 0 bridgehead atoms. The van der Waals surface area contributed by atoms with Crippen molar-refractivity contribution in [1.29, 1.82) is 0 Å². The van der Waals surface area contributed by atoms with Crippen LogP contribution in [0.1, 0.15) is 11.8 Å². The Bertz CT molecular complexity index is 787. The van der Waals surface area contributed by atoms with Crippen LogP contribution in [-0.4, -0.2) is 34.3 Å². The van der Waals surface area contributed by atoms with E-state index in [1.54, 1.807) is 53.2 Å². The van der Waals surface area contributed by atoms with Crippen molar-refractivity contribution in [2.45, 2.75) is 11.1 Å². The average molecular weight is 321 g/mol. The number of imidazole rings is 1. The molecular weight excluding hydrogens is 306 g/mol. The molecule has 0 aromatic carbocycles. The Balaban J connectivity index is 1.80. The van der Waals surface area contributed by atoms with E-state index in [0.717, 1.165) is 0 Å². The second kappa shape index (κ2) is 5.78. The van der Waals surface area contributed by atoms with Crippen molar-refractivity contribution in [2.24, 2.45) is 7.05 Å². The molecule has 3 heterocycles. The number of rotatable bonds is 6. The third-order valence-corrected chi connectivity index (χ3v) is 4.45. The largest absolute Gasteiger partial charge is 0.467 e. The molecule has 3 rings (SSSR count). The van der Waals surface area contributed by atoms with E-state index >= 15 is 0 Å². The van der Waals surface area contributed by atoms with Crippen LogP contribution in [0.15, 0.2) is 58.8 Å². The summed E-state index contributed by atoms with van der Waals surface area (Å²) >= 11 is 0. The van der Waals surface area contributed by atoms with E-state index in [1.807, 2.05) is 0 Å². The highest BCUT2D eigenvalue weighted by Gasteiger charge is 2.22. The molecule has 1 unspecified atom stereocenters. The van der Waals surface area contributed by atoms with Gasteiger partial charge in [0.1, 0.15) is 11.8 Å². The van der Waals surface area contributed by atoms with Crippen molar-refractivity contribution in [3.63, 3.8) is 0 Å². The summed E-state index contributed by atoms with van der Waals surface area (Å²) in [7, 11) is -1.97. The zero-order chi connectivity index (χ0) is 15.6. The summed E-state index contributed by atoms with van der Waals surface area (Å²) in [6.45, 7) is 0.105. The van der Waals surface area contributed by atoms with Crippen LogP contribution in [-0.2, 0) is 17.1 Å². The SMILES string of the molecule is Cn1cnc(S(=O)(=O)NCC(c2ccco2)n2cccn2)c1. The Hall–Kier alpha value is -2.39. The smallest absolute Gasteiger partial charge is 0.259 e. The summed E-state index contributed by atoms with van der Waals surface area (Å²) in [4.78, 5) is 3.86. The van der Waals surface area contributed by atoms with Crippen LogP contribution in [0.5, 0.6) is 0 Å². The van der Waals surface area contributed by atoms with E-state index < -0.39 is 10.0 Å². The van der Waals surface area contributed by atoms with Gasteiger partial charge in [0.05, 0.1) is 12.6 Å². The Labute approximate surface area is 127 Å². The molecule has 0 aliphatic rings. The van der Waals surface area contributed by atoms with Crippen molar-refractivity contribution in [1.82, 2.24) is 24.1 Å². The lowest BCUT2D eigenvalue weighted by atomic mass is 10.2. The van der Waals surface area contributed by atoms with Crippen LogP contribution in [0, 0.1) is 0 Å². The number of hydrogen-bond acceptors (Lipinski definition) is 5. The molecule has 116 valence electrons. The Morgan fingerprint density at radius 3 is 2.86 bits per heavy atom. The molecular formula is C13H15N5O3S. The number of aryl methyl sites for hydroxylation is 1. The number of furan rings is 1. The van der Waals surface area contributed by atoms with Crippen molar-refractivity contribution in [3.8, 4) is 0 Å². The molecule has 0 aliphatic heterocycles. The van der Waals surface area contributed by atoms with Gasteiger partial charge in [0, 0.05) is 32.2 Å². The average Bonchev–Trinajstić information content (AvgIpc) is 3.20. The maximum Gasteiger partial charge on any atom is 0.259 e. The fraction of sp³-hybridized carbons (Fsp3) is 0.231. The van der Waals surface area contributed by atoms with Gasteiger partial charge >= 0.3 is 0 Å². The number of aromatic nitrogens is 4. The summed E-state index contributed by atoms with van der Waals surface area (Å²) < 4.78 is 35.6. The molecule has 1 atom stereocenters. The van der Waals surface area contributed by atoms with Crippen molar-refractivity contribution in [3.05, 3.63) is 55.1 Å². The van der Waals surface area contributed by atoms with Crippen molar-refractivity contribution in [2.75, 3.05) is 6.54 Å². The van der Waals surface area contributed by atoms with Crippen LogP contribution in [0.2, 0.25) is 0 Å². The molecule has 3 aromatic rings. The van der Waals surface area contributed by atoms with Crippen molar-refractivity contribution < 1.29 is 12.8 Å². The van der Waals surface area contributed by atoms with Gasteiger partial charge in [0.25, 0.3) is 10.0 Å². The van der Waals surface area contributed by atoms with Crippen LogP contribution < -0.4 is 4.72 Å². The van der Waals surface area contributed by atoms with Gasteiger partial charge in [-0.25, -0.2) is 18.1 Å². The third kappa shape index (κ3) is 2.95. The molecule has 8 nitrogen and oxygen atoms in total. The first-order valence-electron chi connectivity index (χ1n) is 6.56. The molecule has 22 heavy (non-hydrogen) atoms. The Morgan fingerprint density at radius 2 is 2.27 bits per heavy atom. The Kier molecular flexibility index (Phi) is 3.82. The minimum atomic E-state index is -3.68. The first-order chi connectivity index (χ1) is 10.6. The topological polar surface area (TPSA) is 95.0 Å². The number of sulfonamides is 1. The van der Waals surface area contributed by atoms with Gasteiger partial charge in [0.15, 0.2) is 5.03 Å². The first-order valence-corrected chi connectivity index (χ1v) is 8.05. The van der Waals surface area contributed by atoms with Gasteiger partial charge in [0.2, 0.25) is 0 Å². The lowest BCUT2D eigenvalue weighted by Gasteiger charge is -2.15. The monoisotopic (exact) mass is 321 g/mol. The highest BCUT2D eigenvalue weighted by Crippen LogP contribution is 2.18. The van der Waals surface area contributed by atoms with E-state index in [-0.39, 0.29) is 17.6 Å². The third-order valence-electron chi connectivity index (χ3n) is 3.14.